The molecule has 0 unspecified atom stereocenters. The zero-order valence-electron chi connectivity index (χ0n) is 11.7. The molecule has 0 bridgehead atoms. The van der Waals surface area contributed by atoms with Crippen LogP contribution in [0.25, 0.3) is 0 Å². The van der Waals surface area contributed by atoms with Gasteiger partial charge in [-0.05, 0) is 36.7 Å². The van der Waals surface area contributed by atoms with Gasteiger partial charge in [0.1, 0.15) is 6.61 Å². The van der Waals surface area contributed by atoms with Crippen molar-refractivity contribution in [2.75, 3.05) is 6.61 Å². The van der Waals surface area contributed by atoms with Gasteiger partial charge in [-0.1, -0.05) is 12.1 Å². The molecule has 0 fully saturated rings. The second kappa shape index (κ2) is 7.57. The van der Waals surface area contributed by atoms with E-state index in [0.29, 0.717) is 13.1 Å². The van der Waals surface area contributed by atoms with Gasteiger partial charge in [-0.2, -0.15) is 0 Å². The molecule has 0 aromatic carbocycles. The fourth-order valence-electron chi connectivity index (χ4n) is 1.74. The van der Waals surface area contributed by atoms with Crippen LogP contribution < -0.4 is 0 Å². The molecule has 2 aromatic heterocycles. The van der Waals surface area contributed by atoms with Gasteiger partial charge in [0.15, 0.2) is 0 Å². The van der Waals surface area contributed by atoms with E-state index in [4.69, 9.17) is 4.74 Å². The number of amides is 1. The lowest BCUT2D eigenvalue weighted by molar-refractivity contribution is -0.138. The Morgan fingerprint density at radius 2 is 1.70 bits per heavy atom. The molecular weight excluding hydrogens is 290 g/mol. The summed E-state index contributed by atoms with van der Waals surface area (Å²) >= 11 is 3.35. The molecule has 5 heteroatoms. The van der Waals surface area contributed by atoms with E-state index in [2.05, 4.69) is 12.1 Å². The van der Waals surface area contributed by atoms with Crippen LogP contribution in [0.15, 0.2) is 35.0 Å². The predicted octanol–water partition coefficient (Wildman–Crippen LogP) is 3.76. The maximum atomic E-state index is 12.3. The Hall–Kier alpha value is -1.17. The first-order valence-corrected chi connectivity index (χ1v) is 8.35. The minimum Gasteiger partial charge on any atom is -0.369 e. The summed E-state index contributed by atoms with van der Waals surface area (Å²) < 4.78 is 5.44. The average molecular weight is 309 g/mol. The molecule has 0 aliphatic rings. The standard InChI is InChI=1S/C15H19NO2S2/c1-12(2)18-11-15(17)16(9-13-5-3-7-19-13)10-14-6-4-8-20-14/h3-8,12H,9-11H2,1-2H3. The van der Waals surface area contributed by atoms with Gasteiger partial charge in [0.2, 0.25) is 5.91 Å². The van der Waals surface area contributed by atoms with Gasteiger partial charge in [-0.15, -0.1) is 22.7 Å². The van der Waals surface area contributed by atoms with Crippen LogP contribution in [0.1, 0.15) is 23.6 Å². The second-order valence-electron chi connectivity index (χ2n) is 4.77. The molecule has 0 atom stereocenters. The number of rotatable bonds is 7. The van der Waals surface area contributed by atoms with Crippen molar-refractivity contribution in [2.45, 2.75) is 33.0 Å². The summed E-state index contributed by atoms with van der Waals surface area (Å²) in [4.78, 5) is 16.6. The van der Waals surface area contributed by atoms with Crippen molar-refractivity contribution in [3.63, 3.8) is 0 Å². The first-order valence-electron chi connectivity index (χ1n) is 6.59. The molecule has 2 heterocycles. The van der Waals surface area contributed by atoms with E-state index in [1.165, 1.54) is 9.75 Å². The van der Waals surface area contributed by atoms with Gasteiger partial charge in [0.05, 0.1) is 19.2 Å². The lowest BCUT2D eigenvalue weighted by atomic mass is 10.3. The zero-order valence-corrected chi connectivity index (χ0v) is 13.4. The van der Waals surface area contributed by atoms with Crippen molar-refractivity contribution >= 4 is 28.6 Å². The molecule has 108 valence electrons. The summed E-state index contributed by atoms with van der Waals surface area (Å²) in [5.74, 6) is 0.0421. The van der Waals surface area contributed by atoms with Gasteiger partial charge in [0, 0.05) is 9.75 Å². The highest BCUT2D eigenvalue weighted by Crippen LogP contribution is 2.17. The number of carbonyl (C=O) groups excluding carboxylic acids is 1. The van der Waals surface area contributed by atoms with Gasteiger partial charge in [0.25, 0.3) is 0 Å². The second-order valence-corrected chi connectivity index (χ2v) is 6.83. The Labute approximate surface area is 127 Å². The molecule has 20 heavy (non-hydrogen) atoms. The topological polar surface area (TPSA) is 29.5 Å². The lowest BCUT2D eigenvalue weighted by Gasteiger charge is -2.22. The van der Waals surface area contributed by atoms with Crippen molar-refractivity contribution in [2.24, 2.45) is 0 Å². The SMILES string of the molecule is CC(C)OCC(=O)N(Cc1cccs1)Cc1cccs1. The highest BCUT2D eigenvalue weighted by atomic mass is 32.1. The minimum absolute atomic E-state index is 0.0421. The molecule has 0 saturated heterocycles. The molecule has 2 aromatic rings. The lowest BCUT2D eigenvalue weighted by Crippen LogP contribution is -2.33. The summed E-state index contributed by atoms with van der Waals surface area (Å²) in [5.41, 5.74) is 0. The maximum Gasteiger partial charge on any atom is 0.249 e. The van der Waals surface area contributed by atoms with E-state index in [1.807, 2.05) is 41.6 Å². The normalized spacial score (nSPS) is 10.9. The molecule has 0 N–H and O–H groups in total. The fourth-order valence-corrected chi connectivity index (χ4v) is 3.18. The third-order valence-corrected chi connectivity index (χ3v) is 4.47. The van der Waals surface area contributed by atoms with Gasteiger partial charge < -0.3 is 9.64 Å². The monoisotopic (exact) mass is 309 g/mol. The van der Waals surface area contributed by atoms with Crippen LogP contribution >= 0.6 is 22.7 Å². The fraction of sp³-hybridized carbons (Fsp3) is 0.400. The zero-order chi connectivity index (χ0) is 14.4. The molecule has 0 aliphatic carbocycles. The molecule has 0 aliphatic heterocycles. The van der Waals surface area contributed by atoms with Crippen molar-refractivity contribution in [1.29, 1.82) is 0 Å². The number of hydrogen-bond acceptors (Lipinski definition) is 4. The number of hydrogen-bond donors (Lipinski definition) is 0. The minimum atomic E-state index is 0.0421. The summed E-state index contributed by atoms with van der Waals surface area (Å²) in [6.45, 7) is 5.33. The molecule has 0 saturated carbocycles. The average Bonchev–Trinajstić information content (AvgIpc) is 3.08. The van der Waals surface area contributed by atoms with Crippen LogP contribution in [0.3, 0.4) is 0 Å². The van der Waals surface area contributed by atoms with Crippen molar-refractivity contribution in [1.82, 2.24) is 4.90 Å². The van der Waals surface area contributed by atoms with Crippen LogP contribution in [0.4, 0.5) is 0 Å². The first-order chi connectivity index (χ1) is 9.65. The molecule has 2 rings (SSSR count). The van der Waals surface area contributed by atoms with E-state index in [-0.39, 0.29) is 18.6 Å². The Morgan fingerprint density at radius 1 is 1.15 bits per heavy atom. The molecular formula is C15H19NO2S2. The summed E-state index contributed by atoms with van der Waals surface area (Å²) in [6.07, 6.45) is 0.0734. The Morgan fingerprint density at radius 3 is 2.10 bits per heavy atom. The third kappa shape index (κ3) is 4.74. The quantitative estimate of drug-likeness (QED) is 0.779. The van der Waals surface area contributed by atoms with Gasteiger partial charge in [-0.3, -0.25) is 4.79 Å². The molecule has 0 radical (unpaired) electrons. The largest absolute Gasteiger partial charge is 0.369 e. The number of nitrogens with zero attached hydrogens (tertiary/aromatic N) is 1. The molecule has 1 amide bonds. The number of thiophene rings is 2. The molecule has 3 nitrogen and oxygen atoms in total. The Balaban J connectivity index is 2.00. The first kappa shape index (κ1) is 15.2. The van der Waals surface area contributed by atoms with Crippen molar-refractivity contribution < 1.29 is 9.53 Å². The van der Waals surface area contributed by atoms with E-state index in [0.717, 1.165) is 0 Å². The Bertz CT molecular complexity index is 470. The summed E-state index contributed by atoms with van der Waals surface area (Å²) in [6, 6.07) is 8.14. The summed E-state index contributed by atoms with van der Waals surface area (Å²) in [7, 11) is 0. The van der Waals surface area contributed by atoms with Crippen LogP contribution in [-0.2, 0) is 22.6 Å². The van der Waals surface area contributed by atoms with Gasteiger partial charge >= 0.3 is 0 Å². The van der Waals surface area contributed by atoms with Crippen LogP contribution in [0, 0.1) is 0 Å². The number of carbonyl (C=O) groups is 1. The van der Waals surface area contributed by atoms with Crippen LogP contribution in [-0.4, -0.2) is 23.5 Å². The van der Waals surface area contributed by atoms with E-state index >= 15 is 0 Å². The maximum absolute atomic E-state index is 12.3. The Kier molecular flexibility index (Phi) is 5.76. The number of ether oxygens (including phenoxy) is 1. The van der Waals surface area contributed by atoms with Crippen LogP contribution in [0.5, 0.6) is 0 Å². The smallest absolute Gasteiger partial charge is 0.249 e. The van der Waals surface area contributed by atoms with Crippen molar-refractivity contribution in [3.8, 4) is 0 Å². The van der Waals surface area contributed by atoms with Gasteiger partial charge in [-0.25, -0.2) is 0 Å². The van der Waals surface area contributed by atoms with Crippen molar-refractivity contribution in [3.05, 3.63) is 44.8 Å². The molecule has 0 spiro atoms. The van der Waals surface area contributed by atoms with E-state index in [1.54, 1.807) is 22.7 Å². The summed E-state index contributed by atoms with van der Waals surface area (Å²) in [5, 5.41) is 4.07. The highest BCUT2D eigenvalue weighted by Gasteiger charge is 2.16. The third-order valence-electron chi connectivity index (χ3n) is 2.75. The van der Waals surface area contributed by atoms with E-state index in [9.17, 15) is 4.79 Å². The van der Waals surface area contributed by atoms with Crippen LogP contribution in [0.2, 0.25) is 0 Å². The van der Waals surface area contributed by atoms with E-state index < -0.39 is 0 Å². The highest BCUT2D eigenvalue weighted by molar-refractivity contribution is 7.10. The predicted molar refractivity (Wildman–Crippen MR) is 84.0 cm³/mol.